The minimum Gasteiger partial charge on any atom is -0.341 e. The van der Waals surface area contributed by atoms with Gasteiger partial charge in [-0.3, -0.25) is 9.78 Å². The van der Waals surface area contributed by atoms with E-state index in [1.165, 1.54) is 36.0 Å². The summed E-state index contributed by atoms with van der Waals surface area (Å²) in [5.74, 6) is -1.95. The summed E-state index contributed by atoms with van der Waals surface area (Å²) in [5, 5.41) is 0. The normalized spacial score (nSPS) is 13.9. The van der Waals surface area contributed by atoms with Crippen LogP contribution in [-0.2, 0) is 11.3 Å². The van der Waals surface area contributed by atoms with Gasteiger partial charge >= 0.3 is 0 Å². The molecule has 1 aliphatic heterocycles. The van der Waals surface area contributed by atoms with Gasteiger partial charge in [0, 0.05) is 42.2 Å². The lowest BCUT2D eigenvalue weighted by Gasteiger charge is -2.31. The minimum absolute atomic E-state index is 0.00349. The fourth-order valence-electron chi connectivity index (χ4n) is 3.10. The molecule has 7 heteroatoms. The topological polar surface area (TPSA) is 38.1 Å². The number of fused-ring (bicyclic) bond motifs is 1. The standard InChI is InChI=1S/C19H16F3N3O/c1-11-14(20)4-3-13(18(11)22)12-7-16-19(23-8-12)15(21)9-25(16)10-17(26)24-5-2-6-24/h3-4,7-9H,2,5-6,10H2,1H3. The number of aromatic nitrogens is 2. The van der Waals surface area contributed by atoms with Crippen LogP contribution in [0.2, 0.25) is 0 Å². The zero-order valence-electron chi connectivity index (χ0n) is 14.1. The van der Waals surface area contributed by atoms with E-state index in [4.69, 9.17) is 0 Å². The maximum atomic E-state index is 14.4. The van der Waals surface area contributed by atoms with E-state index in [0.717, 1.165) is 6.42 Å². The molecule has 3 heterocycles. The molecule has 0 unspecified atom stereocenters. The van der Waals surface area contributed by atoms with Gasteiger partial charge in [-0.05, 0) is 31.5 Å². The summed E-state index contributed by atoms with van der Waals surface area (Å²) in [7, 11) is 0. The number of pyridine rings is 1. The van der Waals surface area contributed by atoms with E-state index in [-0.39, 0.29) is 29.1 Å². The van der Waals surface area contributed by atoms with E-state index in [9.17, 15) is 18.0 Å². The van der Waals surface area contributed by atoms with E-state index in [0.29, 0.717) is 24.2 Å². The largest absolute Gasteiger partial charge is 0.341 e. The lowest BCUT2D eigenvalue weighted by Crippen LogP contribution is -2.43. The molecule has 0 spiro atoms. The Kier molecular flexibility index (Phi) is 3.94. The first kappa shape index (κ1) is 16.6. The van der Waals surface area contributed by atoms with Crippen molar-refractivity contribution < 1.29 is 18.0 Å². The van der Waals surface area contributed by atoms with Gasteiger partial charge in [0.05, 0.1) is 5.52 Å². The lowest BCUT2D eigenvalue weighted by atomic mass is 10.0. The zero-order valence-corrected chi connectivity index (χ0v) is 14.1. The molecular formula is C19H16F3N3O. The number of carbonyl (C=O) groups excluding carboxylic acids is 1. The first-order valence-corrected chi connectivity index (χ1v) is 8.33. The van der Waals surface area contributed by atoms with E-state index in [1.54, 1.807) is 11.0 Å². The van der Waals surface area contributed by atoms with Gasteiger partial charge in [0.2, 0.25) is 5.91 Å². The molecule has 0 radical (unpaired) electrons. The molecular weight excluding hydrogens is 343 g/mol. The number of carbonyl (C=O) groups is 1. The molecule has 0 atom stereocenters. The average molecular weight is 359 g/mol. The van der Waals surface area contributed by atoms with Gasteiger partial charge in [-0.15, -0.1) is 0 Å². The Balaban J connectivity index is 1.78. The number of benzene rings is 1. The highest BCUT2D eigenvalue weighted by Crippen LogP contribution is 2.29. The first-order chi connectivity index (χ1) is 12.5. The molecule has 0 N–H and O–H groups in total. The van der Waals surface area contributed by atoms with Crippen molar-refractivity contribution in [2.75, 3.05) is 13.1 Å². The molecule has 1 fully saturated rings. The van der Waals surface area contributed by atoms with Gasteiger partial charge in [0.1, 0.15) is 23.7 Å². The number of hydrogen-bond acceptors (Lipinski definition) is 2. The molecule has 4 rings (SSSR count). The predicted molar refractivity (Wildman–Crippen MR) is 91.0 cm³/mol. The van der Waals surface area contributed by atoms with Crippen molar-refractivity contribution in [2.45, 2.75) is 19.9 Å². The SMILES string of the molecule is Cc1c(F)ccc(-c2cnc3c(F)cn(CC(=O)N4CCC4)c3c2)c1F. The lowest BCUT2D eigenvalue weighted by molar-refractivity contribution is -0.135. The molecule has 1 aliphatic rings. The number of rotatable bonds is 3. The minimum atomic E-state index is -0.679. The molecule has 0 saturated carbocycles. The van der Waals surface area contributed by atoms with Gasteiger partial charge in [-0.25, -0.2) is 13.2 Å². The van der Waals surface area contributed by atoms with Crippen LogP contribution in [0, 0.1) is 24.4 Å². The predicted octanol–water partition coefficient (Wildman–Crippen LogP) is 3.66. The Morgan fingerprint density at radius 3 is 2.65 bits per heavy atom. The van der Waals surface area contributed by atoms with Gasteiger partial charge in [-0.2, -0.15) is 0 Å². The number of nitrogens with zero attached hydrogens (tertiary/aromatic N) is 3. The monoisotopic (exact) mass is 359 g/mol. The van der Waals surface area contributed by atoms with E-state index >= 15 is 0 Å². The highest BCUT2D eigenvalue weighted by molar-refractivity contribution is 5.85. The summed E-state index contributed by atoms with van der Waals surface area (Å²) in [6.07, 6.45) is 3.55. The molecule has 26 heavy (non-hydrogen) atoms. The van der Waals surface area contributed by atoms with Crippen LogP contribution in [0.1, 0.15) is 12.0 Å². The Hall–Kier alpha value is -2.83. The highest BCUT2D eigenvalue weighted by atomic mass is 19.1. The fraction of sp³-hybridized carbons (Fsp3) is 0.263. The van der Waals surface area contributed by atoms with Gasteiger partial charge in [0.15, 0.2) is 5.82 Å². The highest BCUT2D eigenvalue weighted by Gasteiger charge is 2.22. The van der Waals surface area contributed by atoms with Crippen molar-refractivity contribution >= 4 is 16.9 Å². The van der Waals surface area contributed by atoms with E-state index in [2.05, 4.69) is 4.98 Å². The fourth-order valence-corrected chi connectivity index (χ4v) is 3.10. The van der Waals surface area contributed by atoms with Crippen molar-refractivity contribution in [1.29, 1.82) is 0 Å². The molecule has 1 aromatic carbocycles. The number of amides is 1. The molecule has 0 bridgehead atoms. The summed E-state index contributed by atoms with van der Waals surface area (Å²) in [6.45, 7) is 2.78. The second-order valence-electron chi connectivity index (χ2n) is 6.46. The Labute approximate surface area is 147 Å². The van der Waals surface area contributed by atoms with Crippen molar-refractivity contribution in [3.63, 3.8) is 0 Å². The summed E-state index contributed by atoms with van der Waals surface area (Å²) < 4.78 is 43.6. The van der Waals surface area contributed by atoms with E-state index < -0.39 is 17.5 Å². The molecule has 3 aromatic rings. The first-order valence-electron chi connectivity index (χ1n) is 8.33. The van der Waals surface area contributed by atoms with Crippen molar-refractivity contribution in [2.24, 2.45) is 0 Å². The van der Waals surface area contributed by atoms with Crippen molar-refractivity contribution in [3.05, 3.63) is 53.6 Å². The second-order valence-corrected chi connectivity index (χ2v) is 6.46. The number of likely N-dealkylation sites (tertiary alicyclic amines) is 1. The van der Waals surface area contributed by atoms with Crippen molar-refractivity contribution in [3.8, 4) is 11.1 Å². The summed E-state index contributed by atoms with van der Waals surface area (Å²) in [4.78, 5) is 18.0. The molecule has 0 aliphatic carbocycles. The van der Waals surface area contributed by atoms with Crippen LogP contribution in [-0.4, -0.2) is 33.4 Å². The molecule has 1 saturated heterocycles. The van der Waals surface area contributed by atoms with Gasteiger partial charge in [-0.1, -0.05) is 0 Å². The van der Waals surface area contributed by atoms with Crippen molar-refractivity contribution in [1.82, 2.24) is 14.5 Å². The summed E-state index contributed by atoms with van der Waals surface area (Å²) in [5.41, 5.74) is 1.01. The van der Waals surface area contributed by atoms with Crippen LogP contribution in [0.5, 0.6) is 0 Å². The maximum absolute atomic E-state index is 14.4. The number of halogens is 3. The van der Waals surface area contributed by atoms with Crippen LogP contribution < -0.4 is 0 Å². The molecule has 1 amide bonds. The maximum Gasteiger partial charge on any atom is 0.242 e. The Morgan fingerprint density at radius 1 is 1.19 bits per heavy atom. The Morgan fingerprint density at radius 2 is 1.96 bits per heavy atom. The number of hydrogen-bond donors (Lipinski definition) is 0. The average Bonchev–Trinajstić information content (AvgIpc) is 2.86. The van der Waals surface area contributed by atoms with Crippen LogP contribution in [0.4, 0.5) is 13.2 Å². The van der Waals surface area contributed by atoms with Crippen LogP contribution in [0.15, 0.2) is 30.6 Å². The molecule has 134 valence electrons. The Bertz CT molecular complexity index is 1020. The third kappa shape index (κ3) is 2.64. The summed E-state index contributed by atoms with van der Waals surface area (Å²) >= 11 is 0. The second kappa shape index (κ2) is 6.16. The molecule has 4 nitrogen and oxygen atoms in total. The smallest absolute Gasteiger partial charge is 0.242 e. The van der Waals surface area contributed by atoms with Crippen LogP contribution >= 0.6 is 0 Å². The van der Waals surface area contributed by atoms with Crippen LogP contribution in [0.3, 0.4) is 0 Å². The molecule has 2 aromatic heterocycles. The van der Waals surface area contributed by atoms with E-state index in [1.807, 2.05) is 0 Å². The third-order valence-corrected chi connectivity index (χ3v) is 4.82. The third-order valence-electron chi connectivity index (χ3n) is 4.82. The summed E-state index contributed by atoms with van der Waals surface area (Å²) in [6, 6.07) is 4.09. The van der Waals surface area contributed by atoms with Gasteiger partial charge < -0.3 is 9.47 Å². The van der Waals surface area contributed by atoms with Gasteiger partial charge in [0.25, 0.3) is 0 Å². The zero-order chi connectivity index (χ0) is 18.4. The van der Waals surface area contributed by atoms with Crippen LogP contribution in [0.25, 0.3) is 22.2 Å². The quantitative estimate of drug-likeness (QED) is 0.716.